The Morgan fingerprint density at radius 1 is 0.909 bits per heavy atom. The smallest absolute Gasteiger partial charge is 0.496 e. The number of piperidine rings is 2. The summed E-state index contributed by atoms with van der Waals surface area (Å²) in [6.07, 6.45) is 3.82. The Morgan fingerprint density at radius 3 is 1.98 bits per heavy atom. The van der Waals surface area contributed by atoms with Crippen LogP contribution >= 0.6 is 0 Å². The van der Waals surface area contributed by atoms with Gasteiger partial charge in [0.1, 0.15) is 17.3 Å². The minimum atomic E-state index is -2.93. The summed E-state index contributed by atoms with van der Waals surface area (Å²) >= 11 is 0. The van der Waals surface area contributed by atoms with Crippen molar-refractivity contribution >= 4 is 23.2 Å². The largest absolute Gasteiger partial charge is 1.00 e. The molecule has 0 saturated carbocycles. The standard InChI is InChI=1S/C32H40F3N5O3.C5H7NO2.C2H6.CH3.Cs/c1-20-21(2)31(41)37(3)17-24(20)22-14-28(42-4)25(29(15-22)43-5)18-38-9-8-30(32(34,35)19-38)40-12-10-39(11-13-40)27-7-6-23(36)16-26(27)33;7-4-2-1-3-5(8)6-4;1-2;;/h6-7,14-17,30H,8-13,18-19,36H2,1-5H3;1-3H2,(H,6,7,8);1-2H3;1H3;/q;;;-1;+1. The first-order chi connectivity index (χ1) is 25.2. The van der Waals surface area contributed by atoms with Gasteiger partial charge in [-0.1, -0.05) is 13.8 Å². The number of rotatable bonds is 7. The summed E-state index contributed by atoms with van der Waals surface area (Å²) in [5.74, 6) is -2.53. The number of hydrogen-bond donors (Lipinski definition) is 2. The van der Waals surface area contributed by atoms with Crippen LogP contribution in [0.4, 0.5) is 24.5 Å². The van der Waals surface area contributed by atoms with E-state index in [4.69, 9.17) is 15.2 Å². The fourth-order valence-corrected chi connectivity index (χ4v) is 7.11. The van der Waals surface area contributed by atoms with Crippen molar-refractivity contribution in [3.63, 3.8) is 0 Å². The number of anilines is 2. The number of piperazine rings is 1. The van der Waals surface area contributed by atoms with E-state index < -0.39 is 24.3 Å². The number of amides is 2. The van der Waals surface area contributed by atoms with Gasteiger partial charge in [-0.25, -0.2) is 13.2 Å². The van der Waals surface area contributed by atoms with Crippen molar-refractivity contribution in [2.24, 2.45) is 7.05 Å². The molecule has 55 heavy (non-hydrogen) atoms. The molecule has 3 fully saturated rings. The van der Waals surface area contributed by atoms with Gasteiger partial charge in [0.15, 0.2) is 0 Å². The van der Waals surface area contributed by atoms with Gasteiger partial charge in [-0.2, -0.15) is 0 Å². The zero-order valence-corrected chi connectivity index (χ0v) is 40.1. The van der Waals surface area contributed by atoms with Crippen LogP contribution in [0.2, 0.25) is 0 Å². The number of ether oxygens (including phenoxy) is 2. The minimum absolute atomic E-state index is 0. The number of carbonyl (C=O) groups is 2. The number of benzene rings is 2. The number of nitrogen functional groups attached to an aromatic ring is 1. The monoisotopic (exact) mass is 890 g/mol. The average Bonchev–Trinajstić information content (AvgIpc) is 3.13. The molecule has 15 heteroatoms. The van der Waals surface area contributed by atoms with Crippen molar-refractivity contribution in [1.82, 2.24) is 19.7 Å². The Bertz CT molecular complexity index is 1790. The molecule has 3 N–H and O–H groups in total. The van der Waals surface area contributed by atoms with E-state index in [2.05, 4.69) is 5.32 Å². The molecular weight excluding hydrogens is 834 g/mol. The number of aryl methyl sites for hydroxylation is 1. The summed E-state index contributed by atoms with van der Waals surface area (Å²) in [7, 11) is 4.82. The normalized spacial score (nSPS) is 18.3. The van der Waals surface area contributed by atoms with Crippen LogP contribution in [0, 0.1) is 27.1 Å². The molecular formula is C40H56CsF3N6O5. The molecule has 0 radical (unpaired) electrons. The van der Waals surface area contributed by atoms with Gasteiger partial charge in [0, 0.05) is 82.2 Å². The van der Waals surface area contributed by atoms with Crippen molar-refractivity contribution in [3.8, 4) is 22.6 Å². The van der Waals surface area contributed by atoms with Crippen LogP contribution < -0.4 is 99.9 Å². The van der Waals surface area contributed by atoms with E-state index in [1.807, 2.05) is 42.7 Å². The van der Waals surface area contributed by atoms with E-state index in [0.29, 0.717) is 92.4 Å². The number of carbonyl (C=O) groups excluding carboxylic acids is 2. The van der Waals surface area contributed by atoms with Gasteiger partial charge in [0.2, 0.25) is 11.8 Å². The van der Waals surface area contributed by atoms with Crippen LogP contribution in [0.25, 0.3) is 11.1 Å². The van der Waals surface area contributed by atoms with Gasteiger partial charge in [0.05, 0.1) is 38.1 Å². The van der Waals surface area contributed by atoms with Crippen LogP contribution in [0.5, 0.6) is 11.5 Å². The first-order valence-electron chi connectivity index (χ1n) is 18.1. The van der Waals surface area contributed by atoms with Crippen LogP contribution in [-0.2, 0) is 23.2 Å². The number of pyridine rings is 1. The molecule has 2 aromatic carbocycles. The third kappa shape index (κ3) is 12.0. The summed E-state index contributed by atoms with van der Waals surface area (Å²) in [5, 5.41) is 2.20. The van der Waals surface area contributed by atoms with Crippen molar-refractivity contribution in [1.29, 1.82) is 0 Å². The maximum atomic E-state index is 15.7. The summed E-state index contributed by atoms with van der Waals surface area (Å²) in [6.45, 7) is 9.82. The van der Waals surface area contributed by atoms with E-state index in [9.17, 15) is 18.8 Å². The van der Waals surface area contributed by atoms with E-state index in [1.54, 1.807) is 56.0 Å². The van der Waals surface area contributed by atoms with Gasteiger partial charge in [-0.15, -0.1) is 0 Å². The number of halogens is 3. The van der Waals surface area contributed by atoms with E-state index in [-0.39, 0.29) is 100 Å². The molecule has 3 aliphatic rings. The molecule has 1 unspecified atom stereocenters. The maximum absolute atomic E-state index is 15.7. The molecule has 3 aromatic rings. The van der Waals surface area contributed by atoms with Crippen LogP contribution in [0.15, 0.2) is 41.3 Å². The Hall–Kier alpha value is -2.51. The second-order valence-corrected chi connectivity index (χ2v) is 13.4. The van der Waals surface area contributed by atoms with Crippen molar-refractivity contribution in [2.75, 3.05) is 64.1 Å². The number of aromatic nitrogens is 1. The fourth-order valence-electron chi connectivity index (χ4n) is 7.11. The van der Waals surface area contributed by atoms with Crippen LogP contribution in [-0.4, -0.2) is 91.6 Å². The summed E-state index contributed by atoms with van der Waals surface area (Å²) in [4.78, 5) is 38.6. The Morgan fingerprint density at radius 2 is 1.49 bits per heavy atom. The third-order valence-corrected chi connectivity index (χ3v) is 10.0. The van der Waals surface area contributed by atoms with E-state index >= 15 is 8.78 Å². The number of alkyl halides is 2. The fraction of sp³-hybridized carbons (Fsp3) is 0.500. The molecule has 1 atom stereocenters. The summed E-state index contributed by atoms with van der Waals surface area (Å²) in [6, 6.07) is 7.45. The average molecular weight is 891 g/mol. The molecule has 0 bridgehead atoms. The molecule has 3 saturated heterocycles. The Balaban J connectivity index is 0.000000766. The van der Waals surface area contributed by atoms with Crippen molar-refractivity contribution < 1.29 is 101 Å². The maximum Gasteiger partial charge on any atom is 1.00 e. The second-order valence-electron chi connectivity index (χ2n) is 13.4. The number of nitrogens with zero attached hydrogens (tertiary/aromatic N) is 4. The summed E-state index contributed by atoms with van der Waals surface area (Å²) < 4.78 is 58.8. The number of methoxy groups -OCH3 is 2. The van der Waals surface area contributed by atoms with Crippen LogP contribution in [0.1, 0.15) is 56.2 Å². The molecule has 298 valence electrons. The van der Waals surface area contributed by atoms with Gasteiger partial charge < -0.3 is 32.1 Å². The van der Waals surface area contributed by atoms with Gasteiger partial charge >= 0.3 is 68.9 Å². The van der Waals surface area contributed by atoms with Gasteiger partial charge in [0.25, 0.3) is 11.5 Å². The van der Waals surface area contributed by atoms with E-state index in [1.165, 1.54) is 6.07 Å². The number of nitrogens with one attached hydrogen (secondary N) is 1. The molecule has 6 rings (SSSR count). The van der Waals surface area contributed by atoms with Crippen molar-refractivity contribution in [3.05, 3.63) is 76.8 Å². The zero-order valence-electron chi connectivity index (χ0n) is 33.9. The first kappa shape index (κ1) is 48.6. The molecule has 3 aliphatic heterocycles. The van der Waals surface area contributed by atoms with Gasteiger partial charge in [-0.05, 0) is 68.1 Å². The molecule has 4 heterocycles. The minimum Gasteiger partial charge on any atom is -0.496 e. The second kappa shape index (κ2) is 21.9. The number of imide groups is 1. The zero-order chi connectivity index (χ0) is 39.0. The predicted molar refractivity (Wildman–Crippen MR) is 208 cm³/mol. The molecule has 0 aliphatic carbocycles. The molecule has 0 spiro atoms. The molecule has 11 nitrogen and oxygen atoms in total. The molecule has 2 amide bonds. The molecule has 1 aromatic heterocycles. The Labute approximate surface area is 382 Å². The van der Waals surface area contributed by atoms with Crippen LogP contribution in [0.3, 0.4) is 0 Å². The number of hydrogen-bond acceptors (Lipinski definition) is 9. The Kier molecular flexibility index (Phi) is 19.3. The van der Waals surface area contributed by atoms with E-state index in [0.717, 1.165) is 16.7 Å². The quantitative estimate of drug-likeness (QED) is 0.210. The first-order valence-corrected chi connectivity index (χ1v) is 18.1. The summed E-state index contributed by atoms with van der Waals surface area (Å²) in [5.41, 5.74) is 10.3. The number of likely N-dealkylation sites (tertiary alicyclic amines) is 1. The third-order valence-electron chi connectivity index (χ3n) is 10.0. The predicted octanol–water partition coefficient (Wildman–Crippen LogP) is 2.73. The van der Waals surface area contributed by atoms with Gasteiger partial charge in [-0.3, -0.25) is 29.5 Å². The topological polar surface area (TPSA) is 122 Å². The SMILES string of the molecule is CC.COc1cc(-c2cn(C)c(=O)c(C)c2C)cc(OC)c1CN1CCC(N2CCN(c3ccc(N)cc3F)CC2)C(F)(F)C1.O=C1CCCC(=O)N1.[CH3-].[Cs+]. The number of nitrogens with two attached hydrogens (primary N) is 1. The van der Waals surface area contributed by atoms with Crippen molar-refractivity contribution in [2.45, 2.75) is 71.9 Å².